The van der Waals surface area contributed by atoms with E-state index in [1.165, 1.54) is 0 Å². The fourth-order valence-electron chi connectivity index (χ4n) is 2.00. The van der Waals surface area contributed by atoms with Crippen molar-refractivity contribution in [2.75, 3.05) is 24.7 Å². The van der Waals surface area contributed by atoms with Gasteiger partial charge in [-0.15, -0.1) is 48.3 Å². The number of amidine groups is 2. The highest BCUT2D eigenvalue weighted by Gasteiger charge is 2.00. The zero-order chi connectivity index (χ0) is 18.1. The normalized spacial score (nSPS) is 9.78. The van der Waals surface area contributed by atoms with Crippen LogP contribution in [0.1, 0.15) is 11.1 Å². The van der Waals surface area contributed by atoms with Gasteiger partial charge in [-0.05, 0) is 24.3 Å². The van der Waals surface area contributed by atoms with Gasteiger partial charge in [-0.3, -0.25) is 10.8 Å². The zero-order valence-electron chi connectivity index (χ0n) is 14.6. The molecule has 0 heterocycles. The summed E-state index contributed by atoms with van der Waals surface area (Å²) >= 11 is 3.45. The standard InChI is InChI=1S/C18H22N4OS2.2ClH/c19-17(20)13-1-5-15(6-2-13)24-11-9-23-10-12-25-16-7-3-14(4-8-16)18(21)22;;/h1-8H,9-12H2,(H3,19,20)(H3,21,22);2*1H. The molecule has 0 aliphatic heterocycles. The Labute approximate surface area is 180 Å². The maximum absolute atomic E-state index is 7.36. The Balaban J connectivity index is 0.00000338. The lowest BCUT2D eigenvalue weighted by molar-refractivity contribution is 0.167. The van der Waals surface area contributed by atoms with E-state index in [4.69, 9.17) is 27.0 Å². The van der Waals surface area contributed by atoms with Gasteiger partial charge in [-0.2, -0.15) is 0 Å². The van der Waals surface area contributed by atoms with Crippen LogP contribution in [0.25, 0.3) is 0 Å². The average Bonchev–Trinajstić information content (AvgIpc) is 2.61. The second-order valence-corrected chi connectivity index (χ2v) is 7.52. The second-order valence-electron chi connectivity index (χ2n) is 5.19. The molecule has 2 aromatic carbocycles. The lowest BCUT2D eigenvalue weighted by atomic mass is 10.2. The van der Waals surface area contributed by atoms with Gasteiger partial charge in [-0.1, -0.05) is 24.3 Å². The third-order valence-electron chi connectivity index (χ3n) is 3.32. The minimum Gasteiger partial charge on any atom is -0.384 e. The van der Waals surface area contributed by atoms with Gasteiger partial charge in [0.05, 0.1) is 13.2 Å². The molecule has 0 fully saturated rings. The smallest absolute Gasteiger partial charge is 0.122 e. The van der Waals surface area contributed by atoms with Crippen LogP contribution in [0.5, 0.6) is 0 Å². The molecule has 2 aromatic rings. The van der Waals surface area contributed by atoms with Crippen LogP contribution in [0.3, 0.4) is 0 Å². The zero-order valence-corrected chi connectivity index (χ0v) is 17.9. The first-order valence-corrected chi connectivity index (χ1v) is 9.75. The topological polar surface area (TPSA) is 109 Å². The molecule has 2 rings (SSSR count). The molecule has 0 unspecified atom stereocenters. The summed E-state index contributed by atoms with van der Waals surface area (Å²) in [5.74, 6) is 1.95. The van der Waals surface area contributed by atoms with Crippen LogP contribution in [0, 0.1) is 10.8 Å². The molecule has 27 heavy (non-hydrogen) atoms. The Kier molecular flexibility index (Phi) is 13.0. The Morgan fingerprint density at radius 3 is 1.33 bits per heavy atom. The summed E-state index contributed by atoms with van der Waals surface area (Å²) in [7, 11) is 0. The van der Waals surface area contributed by atoms with E-state index in [1.54, 1.807) is 23.5 Å². The van der Waals surface area contributed by atoms with Crippen LogP contribution < -0.4 is 11.5 Å². The van der Waals surface area contributed by atoms with E-state index in [9.17, 15) is 0 Å². The Morgan fingerprint density at radius 2 is 1.04 bits per heavy atom. The van der Waals surface area contributed by atoms with Crippen molar-refractivity contribution >= 4 is 60.0 Å². The van der Waals surface area contributed by atoms with Crippen molar-refractivity contribution in [1.29, 1.82) is 10.8 Å². The molecule has 0 aromatic heterocycles. The maximum atomic E-state index is 7.36. The summed E-state index contributed by atoms with van der Waals surface area (Å²) in [6.07, 6.45) is 0. The Morgan fingerprint density at radius 1 is 0.704 bits per heavy atom. The number of thioether (sulfide) groups is 2. The Hall–Kier alpha value is -1.38. The van der Waals surface area contributed by atoms with Gasteiger partial charge in [0.25, 0.3) is 0 Å². The molecule has 0 radical (unpaired) electrons. The number of benzene rings is 2. The van der Waals surface area contributed by atoms with Gasteiger partial charge in [0.15, 0.2) is 0 Å². The summed E-state index contributed by atoms with van der Waals surface area (Å²) in [4.78, 5) is 2.29. The molecule has 0 amide bonds. The van der Waals surface area contributed by atoms with Crippen LogP contribution in [0.4, 0.5) is 0 Å². The van der Waals surface area contributed by atoms with Crippen LogP contribution in [-0.2, 0) is 4.74 Å². The van der Waals surface area contributed by atoms with Crippen LogP contribution in [0.2, 0.25) is 0 Å². The molecule has 148 valence electrons. The van der Waals surface area contributed by atoms with E-state index in [2.05, 4.69) is 0 Å². The van der Waals surface area contributed by atoms with Crippen molar-refractivity contribution in [1.82, 2.24) is 0 Å². The first-order chi connectivity index (χ1) is 12.1. The fourth-order valence-corrected chi connectivity index (χ4v) is 3.53. The third-order valence-corrected chi connectivity index (χ3v) is 5.28. The quantitative estimate of drug-likeness (QED) is 0.191. The molecule has 0 bridgehead atoms. The van der Waals surface area contributed by atoms with Gasteiger partial charge in [0, 0.05) is 32.4 Å². The summed E-state index contributed by atoms with van der Waals surface area (Å²) in [5.41, 5.74) is 12.4. The highest BCUT2D eigenvalue weighted by Crippen LogP contribution is 2.19. The van der Waals surface area contributed by atoms with Crippen molar-refractivity contribution in [3.8, 4) is 0 Å². The van der Waals surface area contributed by atoms with E-state index in [0.29, 0.717) is 13.2 Å². The number of nitrogens with two attached hydrogens (primary N) is 2. The monoisotopic (exact) mass is 446 g/mol. The summed E-state index contributed by atoms with van der Waals surface area (Å²) in [6.45, 7) is 1.39. The van der Waals surface area contributed by atoms with E-state index >= 15 is 0 Å². The van der Waals surface area contributed by atoms with Crippen molar-refractivity contribution in [2.24, 2.45) is 11.5 Å². The number of nitrogen functional groups attached to an aromatic ring is 2. The molecular formula is C18H24Cl2N4OS2. The molecule has 9 heteroatoms. The highest BCUT2D eigenvalue weighted by atomic mass is 35.5. The fraction of sp³-hybridized carbons (Fsp3) is 0.222. The number of halogens is 2. The average molecular weight is 447 g/mol. The minimum atomic E-state index is 0. The molecule has 0 aliphatic rings. The molecule has 0 saturated carbocycles. The minimum absolute atomic E-state index is 0. The molecule has 0 atom stereocenters. The molecule has 5 nitrogen and oxygen atoms in total. The lowest BCUT2D eigenvalue weighted by Crippen LogP contribution is -2.10. The largest absolute Gasteiger partial charge is 0.384 e. The summed E-state index contributed by atoms with van der Waals surface area (Å²) in [6, 6.07) is 15.3. The van der Waals surface area contributed by atoms with Gasteiger partial charge in [-0.25, -0.2) is 0 Å². The highest BCUT2D eigenvalue weighted by molar-refractivity contribution is 7.99. The first kappa shape index (κ1) is 25.6. The molecule has 0 aliphatic carbocycles. The lowest BCUT2D eigenvalue weighted by Gasteiger charge is -2.06. The van der Waals surface area contributed by atoms with Crippen molar-refractivity contribution < 1.29 is 4.74 Å². The predicted molar refractivity (Wildman–Crippen MR) is 122 cm³/mol. The number of nitrogens with one attached hydrogen (secondary N) is 2. The number of rotatable bonds is 10. The first-order valence-electron chi connectivity index (χ1n) is 7.78. The number of hydrogen-bond donors (Lipinski definition) is 4. The second kappa shape index (κ2) is 13.7. The predicted octanol–water partition coefficient (Wildman–Crippen LogP) is 4.00. The molecule has 6 N–H and O–H groups in total. The maximum Gasteiger partial charge on any atom is 0.122 e. The molecular weight excluding hydrogens is 423 g/mol. The van der Waals surface area contributed by atoms with E-state index in [0.717, 1.165) is 32.4 Å². The SMILES string of the molecule is Cl.Cl.N=C(N)c1ccc(SCCOCCSc2ccc(C(=N)N)cc2)cc1. The van der Waals surface area contributed by atoms with Gasteiger partial charge in [0.2, 0.25) is 0 Å². The van der Waals surface area contributed by atoms with E-state index < -0.39 is 0 Å². The number of hydrogen-bond acceptors (Lipinski definition) is 5. The van der Waals surface area contributed by atoms with E-state index in [-0.39, 0.29) is 36.5 Å². The summed E-state index contributed by atoms with van der Waals surface area (Å²) in [5, 5.41) is 14.7. The Bertz CT molecular complexity index is 651. The van der Waals surface area contributed by atoms with Gasteiger partial charge < -0.3 is 16.2 Å². The van der Waals surface area contributed by atoms with Crippen molar-refractivity contribution in [2.45, 2.75) is 9.79 Å². The van der Waals surface area contributed by atoms with Crippen LogP contribution in [-0.4, -0.2) is 36.4 Å². The van der Waals surface area contributed by atoms with Crippen molar-refractivity contribution in [3.63, 3.8) is 0 Å². The molecule has 0 spiro atoms. The van der Waals surface area contributed by atoms with Gasteiger partial charge in [0.1, 0.15) is 11.7 Å². The van der Waals surface area contributed by atoms with Crippen molar-refractivity contribution in [3.05, 3.63) is 59.7 Å². The van der Waals surface area contributed by atoms with Crippen LogP contribution in [0.15, 0.2) is 58.3 Å². The van der Waals surface area contributed by atoms with Crippen LogP contribution >= 0.6 is 48.3 Å². The third kappa shape index (κ3) is 9.39. The summed E-state index contributed by atoms with van der Waals surface area (Å²) < 4.78 is 5.65. The van der Waals surface area contributed by atoms with Gasteiger partial charge >= 0.3 is 0 Å². The number of ether oxygens (including phenoxy) is 1. The van der Waals surface area contributed by atoms with E-state index in [1.807, 2.05) is 48.5 Å². The molecule has 0 saturated heterocycles.